The molecule has 0 aromatic heterocycles. The second kappa shape index (κ2) is 9.29. The van der Waals surface area contributed by atoms with Gasteiger partial charge in [-0.2, -0.15) is 0 Å². The molecule has 0 saturated carbocycles. The normalized spacial score (nSPS) is 17.5. The van der Waals surface area contributed by atoms with E-state index in [1.165, 1.54) is 41.6 Å². The number of hydrogen-bond acceptors (Lipinski definition) is 3. The fourth-order valence-electron chi connectivity index (χ4n) is 3.76. The molecule has 0 amide bonds. The molecule has 0 bridgehead atoms. The third kappa shape index (κ3) is 4.93. The Kier molecular flexibility index (Phi) is 7.36. The van der Waals surface area contributed by atoms with Crippen molar-refractivity contribution in [2.75, 3.05) is 33.9 Å². The number of halogens is 1. The van der Waals surface area contributed by atoms with Crippen LogP contribution in [-0.4, -0.2) is 38.8 Å². The van der Waals surface area contributed by atoms with Crippen molar-refractivity contribution in [3.05, 3.63) is 47.5 Å². The summed E-state index contributed by atoms with van der Waals surface area (Å²) in [6, 6.07) is 12.6. The van der Waals surface area contributed by atoms with Crippen LogP contribution in [0.2, 0.25) is 0 Å². The molecule has 1 saturated heterocycles. The van der Waals surface area contributed by atoms with Crippen LogP contribution in [0.15, 0.2) is 36.4 Å². The molecule has 1 heterocycles. The molecular weight excluding hydrogens is 346 g/mol. The molecule has 2 aromatic carbocycles. The smallest absolute Gasteiger partial charge is 0.125 e. The maximum atomic E-state index is 6.24. The van der Waals surface area contributed by atoms with E-state index in [2.05, 4.69) is 50.1 Å². The minimum atomic E-state index is 0. The van der Waals surface area contributed by atoms with E-state index in [4.69, 9.17) is 9.47 Å². The number of piperidine rings is 1. The highest BCUT2D eigenvalue weighted by atomic mass is 35.5. The molecule has 1 unspecified atom stereocenters. The van der Waals surface area contributed by atoms with E-state index < -0.39 is 0 Å². The summed E-state index contributed by atoms with van der Waals surface area (Å²) in [6.07, 6.45) is 2.54. The largest absolute Gasteiger partial charge is 0.497 e. The van der Waals surface area contributed by atoms with Crippen LogP contribution in [0.1, 0.15) is 24.0 Å². The van der Waals surface area contributed by atoms with Crippen LogP contribution in [-0.2, 0) is 0 Å². The summed E-state index contributed by atoms with van der Waals surface area (Å²) in [6.45, 7) is 7.44. The van der Waals surface area contributed by atoms with E-state index in [-0.39, 0.29) is 12.4 Å². The van der Waals surface area contributed by atoms with E-state index in [0.29, 0.717) is 5.92 Å². The maximum Gasteiger partial charge on any atom is 0.125 e. The van der Waals surface area contributed by atoms with E-state index in [1.807, 2.05) is 12.1 Å². The lowest BCUT2D eigenvalue weighted by molar-refractivity contribution is 0.149. The van der Waals surface area contributed by atoms with Crippen molar-refractivity contribution < 1.29 is 9.47 Å². The van der Waals surface area contributed by atoms with Crippen molar-refractivity contribution in [1.29, 1.82) is 0 Å². The summed E-state index contributed by atoms with van der Waals surface area (Å²) < 4.78 is 11.6. The number of methoxy groups -OCH3 is 1. The van der Waals surface area contributed by atoms with Gasteiger partial charge in [-0.15, -0.1) is 12.4 Å². The van der Waals surface area contributed by atoms with Gasteiger partial charge in [-0.3, -0.25) is 0 Å². The Hall–Kier alpha value is -1.71. The van der Waals surface area contributed by atoms with E-state index >= 15 is 0 Å². The Balaban J connectivity index is 0.00000243. The van der Waals surface area contributed by atoms with Crippen molar-refractivity contribution in [2.45, 2.75) is 26.7 Å². The standard InChI is InChI=1S/C22H29NO2.ClH/c1-16-11-20(19-8-5-9-21(13-19)24-4)12-17(2)22(16)25-15-18-7-6-10-23(3)14-18;/h5,8-9,11-13,18H,6-7,10,14-15H2,1-4H3;1H. The van der Waals surface area contributed by atoms with Gasteiger partial charge in [0, 0.05) is 12.5 Å². The van der Waals surface area contributed by atoms with Crippen molar-refractivity contribution in [2.24, 2.45) is 5.92 Å². The first-order chi connectivity index (χ1) is 12.1. The molecule has 1 atom stereocenters. The molecule has 1 aliphatic heterocycles. The van der Waals surface area contributed by atoms with Gasteiger partial charge in [0.15, 0.2) is 0 Å². The number of aryl methyl sites for hydroxylation is 2. The quantitative estimate of drug-likeness (QED) is 0.723. The highest BCUT2D eigenvalue weighted by Gasteiger charge is 2.18. The van der Waals surface area contributed by atoms with E-state index in [0.717, 1.165) is 24.7 Å². The van der Waals surface area contributed by atoms with Crippen molar-refractivity contribution in [3.8, 4) is 22.6 Å². The molecule has 4 heteroatoms. The van der Waals surface area contributed by atoms with Crippen LogP contribution in [0.25, 0.3) is 11.1 Å². The van der Waals surface area contributed by atoms with E-state index in [9.17, 15) is 0 Å². The van der Waals surface area contributed by atoms with Gasteiger partial charge in [-0.05, 0) is 86.8 Å². The number of likely N-dealkylation sites (tertiary alicyclic amines) is 1. The van der Waals surface area contributed by atoms with Gasteiger partial charge in [-0.1, -0.05) is 12.1 Å². The SMILES string of the molecule is COc1cccc(-c2cc(C)c(OCC3CCCN(C)C3)c(C)c2)c1.Cl. The lowest BCUT2D eigenvalue weighted by atomic mass is 9.98. The summed E-state index contributed by atoms with van der Waals surface area (Å²) in [5, 5.41) is 0. The second-order valence-corrected chi connectivity index (χ2v) is 7.25. The zero-order chi connectivity index (χ0) is 17.8. The third-order valence-electron chi connectivity index (χ3n) is 5.05. The van der Waals surface area contributed by atoms with Gasteiger partial charge in [-0.25, -0.2) is 0 Å². The lowest BCUT2D eigenvalue weighted by Crippen LogP contribution is -2.34. The summed E-state index contributed by atoms with van der Waals surface area (Å²) >= 11 is 0. The van der Waals surface area contributed by atoms with Gasteiger partial charge >= 0.3 is 0 Å². The lowest BCUT2D eigenvalue weighted by Gasteiger charge is -2.29. The van der Waals surface area contributed by atoms with E-state index in [1.54, 1.807) is 7.11 Å². The molecule has 0 spiro atoms. The van der Waals surface area contributed by atoms with Crippen LogP contribution in [0, 0.1) is 19.8 Å². The number of benzene rings is 2. The maximum absolute atomic E-state index is 6.24. The zero-order valence-corrected chi connectivity index (χ0v) is 17.1. The summed E-state index contributed by atoms with van der Waals surface area (Å²) in [5.41, 5.74) is 4.77. The average Bonchev–Trinajstić information content (AvgIpc) is 2.61. The van der Waals surface area contributed by atoms with Crippen molar-refractivity contribution in [3.63, 3.8) is 0 Å². The first kappa shape index (κ1) is 20.6. The van der Waals surface area contributed by atoms with Crippen molar-refractivity contribution in [1.82, 2.24) is 4.90 Å². The van der Waals surface area contributed by atoms with Crippen LogP contribution in [0.4, 0.5) is 0 Å². The minimum Gasteiger partial charge on any atom is -0.497 e. The molecule has 0 aliphatic carbocycles. The highest BCUT2D eigenvalue weighted by molar-refractivity contribution is 5.85. The molecule has 0 N–H and O–H groups in total. The Bertz CT molecular complexity index is 709. The topological polar surface area (TPSA) is 21.7 Å². The molecule has 142 valence electrons. The van der Waals surface area contributed by atoms with Gasteiger partial charge in [0.1, 0.15) is 11.5 Å². The summed E-state index contributed by atoms with van der Waals surface area (Å²) in [7, 11) is 3.90. The second-order valence-electron chi connectivity index (χ2n) is 7.25. The van der Waals surface area contributed by atoms with Crippen LogP contribution >= 0.6 is 12.4 Å². The number of hydrogen-bond donors (Lipinski definition) is 0. The molecule has 2 aromatic rings. The van der Waals surface area contributed by atoms with Gasteiger partial charge in [0.2, 0.25) is 0 Å². The molecule has 3 nitrogen and oxygen atoms in total. The van der Waals surface area contributed by atoms with Gasteiger partial charge < -0.3 is 14.4 Å². The minimum absolute atomic E-state index is 0. The van der Waals surface area contributed by atoms with Crippen LogP contribution in [0.5, 0.6) is 11.5 Å². The fraction of sp³-hybridized carbons (Fsp3) is 0.455. The first-order valence-electron chi connectivity index (χ1n) is 9.14. The molecule has 1 fully saturated rings. The number of rotatable bonds is 5. The Labute approximate surface area is 163 Å². The number of nitrogens with zero attached hydrogens (tertiary/aromatic N) is 1. The number of ether oxygens (including phenoxy) is 2. The Morgan fingerprint density at radius 2 is 1.81 bits per heavy atom. The monoisotopic (exact) mass is 375 g/mol. The van der Waals surface area contributed by atoms with Crippen molar-refractivity contribution >= 4 is 12.4 Å². The van der Waals surface area contributed by atoms with Gasteiger partial charge in [0.25, 0.3) is 0 Å². The predicted octanol–water partition coefficient (Wildman–Crippen LogP) is 5.12. The fourth-order valence-corrected chi connectivity index (χ4v) is 3.76. The third-order valence-corrected chi connectivity index (χ3v) is 5.05. The highest BCUT2D eigenvalue weighted by Crippen LogP contribution is 2.32. The van der Waals surface area contributed by atoms with Gasteiger partial charge in [0.05, 0.1) is 13.7 Å². The average molecular weight is 376 g/mol. The first-order valence-corrected chi connectivity index (χ1v) is 9.14. The zero-order valence-electron chi connectivity index (χ0n) is 16.2. The molecule has 3 rings (SSSR count). The van der Waals surface area contributed by atoms with Crippen LogP contribution in [0.3, 0.4) is 0 Å². The predicted molar refractivity (Wildman–Crippen MR) is 111 cm³/mol. The Morgan fingerprint density at radius 3 is 2.46 bits per heavy atom. The van der Waals surface area contributed by atoms with Crippen LogP contribution < -0.4 is 9.47 Å². The summed E-state index contributed by atoms with van der Waals surface area (Å²) in [5.74, 6) is 2.56. The molecular formula is C22H30ClNO2. The molecule has 26 heavy (non-hydrogen) atoms. The Morgan fingerprint density at radius 1 is 1.08 bits per heavy atom. The molecule has 1 aliphatic rings. The summed E-state index contributed by atoms with van der Waals surface area (Å²) in [4.78, 5) is 2.41. The molecule has 0 radical (unpaired) electrons.